The van der Waals surface area contributed by atoms with Crippen LogP contribution in [0.2, 0.25) is 0 Å². The number of unbranched alkanes of at least 4 members (excludes halogenated alkanes) is 2. The third-order valence-electron chi connectivity index (χ3n) is 9.19. The first-order valence-electron chi connectivity index (χ1n) is 18.7. The number of carbonyl (C=O) groups excluding carboxylic acids is 6. The van der Waals surface area contributed by atoms with E-state index in [-0.39, 0.29) is 68.9 Å². The van der Waals surface area contributed by atoms with Gasteiger partial charge in [-0.2, -0.15) is 0 Å². The highest BCUT2D eigenvalue weighted by Crippen LogP contribution is 2.29. The number of hydrogen-bond acceptors (Lipinski definition) is 12. The number of nitrogens with one attached hydrogen (secondary N) is 2. The van der Waals surface area contributed by atoms with Crippen LogP contribution in [-0.2, 0) is 57.5 Å². The second-order valence-corrected chi connectivity index (χ2v) is 15.8. The number of esters is 1. The third kappa shape index (κ3) is 17.9. The van der Waals surface area contributed by atoms with Crippen LogP contribution in [0.3, 0.4) is 0 Å². The van der Waals surface area contributed by atoms with Crippen molar-refractivity contribution in [3.8, 4) is 5.75 Å². The molecule has 0 saturated carbocycles. The Bertz CT molecular complexity index is 1650. The number of imide groups is 1. The van der Waals surface area contributed by atoms with Crippen LogP contribution in [0.15, 0.2) is 36.4 Å². The molecule has 2 aromatic carbocycles. The van der Waals surface area contributed by atoms with E-state index in [1.54, 1.807) is 43.3 Å². The average Bonchev–Trinajstić information content (AvgIpc) is 3.16. The maximum Gasteiger partial charge on any atom is 0.513 e. The smallest absolute Gasteiger partial charge is 0.513 e. The van der Waals surface area contributed by atoms with Crippen LogP contribution in [0.4, 0.5) is 4.79 Å². The van der Waals surface area contributed by atoms with E-state index < -0.39 is 65.6 Å². The van der Waals surface area contributed by atoms with Gasteiger partial charge in [-0.3, -0.25) is 29.3 Å². The lowest BCUT2D eigenvalue weighted by atomic mass is 9.92. The van der Waals surface area contributed by atoms with Crippen LogP contribution >= 0.6 is 12.4 Å². The minimum atomic E-state index is -1.19. The second-order valence-electron chi connectivity index (χ2n) is 14.2. The van der Waals surface area contributed by atoms with Gasteiger partial charge in [0.1, 0.15) is 17.5 Å². The summed E-state index contributed by atoms with van der Waals surface area (Å²) >= 11 is -1.19. The predicted molar refractivity (Wildman–Crippen MR) is 220 cm³/mol. The molecule has 17 heteroatoms. The fraction of sp³-hybridized carbons (Fsp3) is 0.550. The Kier molecular flexibility index (Phi) is 23.1. The molecular weight excluding hydrogens is 778 g/mol. The lowest BCUT2D eigenvalue weighted by Gasteiger charge is -2.31. The SMILES string of the molecule is COC(=O)CCCCCN(C(=O)CNC(=O)[C@@H](N)Cc1c(C)cc(OC(=O)OCC(C)C)c(C)c1C)[C@@H](Cc1ccccc1)C(=O)NC(=O)C(N)CC[S+](C)[O-].Cl. The summed E-state index contributed by atoms with van der Waals surface area (Å²) in [6.45, 7) is 9.05. The molecular formula is C40H60ClN5O10S. The molecule has 6 N–H and O–H groups in total. The Morgan fingerprint density at radius 1 is 0.895 bits per heavy atom. The number of amides is 4. The predicted octanol–water partition coefficient (Wildman–Crippen LogP) is 3.10. The van der Waals surface area contributed by atoms with Gasteiger partial charge in [-0.1, -0.05) is 61.8 Å². The summed E-state index contributed by atoms with van der Waals surface area (Å²) in [5.41, 5.74) is 16.0. The maximum atomic E-state index is 14.0. The number of ether oxygens (including phenoxy) is 3. The summed E-state index contributed by atoms with van der Waals surface area (Å²) in [7, 11) is 1.30. The Morgan fingerprint density at radius 3 is 2.18 bits per heavy atom. The van der Waals surface area contributed by atoms with Gasteiger partial charge in [0.25, 0.3) is 0 Å². The topological polar surface area (TPSA) is 233 Å². The Hall–Kier alpha value is -4.22. The zero-order valence-corrected chi connectivity index (χ0v) is 35.7. The standard InChI is InChI=1S/C40H59N5O10S.ClH/c1-25(2)24-54-40(51)55-34-20-26(3)30(27(4)28(34)5)22-32(42)37(48)43-23-35(46)45(18-13-9-12-16-36(47)53-6)33(21-29-14-10-8-11-15-29)39(50)44-38(49)31(41)17-19-56(7)52;/h8,10-11,14-15,20,25,31-33H,9,12-13,16-19,21-24,41-42H2,1-7H3,(H,43,48)(H,44,49,50);1H/t31?,32-,33-,56?;/m0./s1. The Labute approximate surface area is 345 Å². The first-order chi connectivity index (χ1) is 26.4. The van der Waals surface area contributed by atoms with Gasteiger partial charge in [0.05, 0.1) is 38.6 Å². The van der Waals surface area contributed by atoms with E-state index in [2.05, 4.69) is 10.6 Å². The molecule has 4 atom stereocenters. The molecule has 0 aromatic heterocycles. The molecule has 2 unspecified atom stereocenters. The van der Waals surface area contributed by atoms with Gasteiger partial charge >= 0.3 is 12.1 Å². The normalized spacial score (nSPS) is 13.0. The van der Waals surface area contributed by atoms with Crippen molar-refractivity contribution in [1.82, 2.24) is 15.5 Å². The highest BCUT2D eigenvalue weighted by molar-refractivity contribution is 7.90. The van der Waals surface area contributed by atoms with Crippen LogP contribution < -0.4 is 26.8 Å². The van der Waals surface area contributed by atoms with Gasteiger partial charge in [-0.05, 0) is 79.8 Å². The average molecular weight is 838 g/mol. The number of hydrogen-bond donors (Lipinski definition) is 4. The van der Waals surface area contributed by atoms with Crippen LogP contribution in [-0.4, -0.2) is 102 Å². The van der Waals surface area contributed by atoms with Gasteiger partial charge in [0, 0.05) is 25.8 Å². The summed E-state index contributed by atoms with van der Waals surface area (Å²) in [5, 5.41) is 4.95. The van der Waals surface area contributed by atoms with Gasteiger partial charge in [0.2, 0.25) is 23.6 Å². The summed E-state index contributed by atoms with van der Waals surface area (Å²) < 4.78 is 26.9. The minimum absolute atomic E-state index is 0. The largest absolute Gasteiger partial charge is 0.617 e. The van der Waals surface area contributed by atoms with E-state index in [0.29, 0.717) is 36.1 Å². The van der Waals surface area contributed by atoms with E-state index in [4.69, 9.17) is 25.7 Å². The van der Waals surface area contributed by atoms with Crippen LogP contribution in [0.25, 0.3) is 0 Å². The van der Waals surface area contributed by atoms with E-state index >= 15 is 0 Å². The molecule has 0 bridgehead atoms. The number of halogens is 1. The number of carbonyl (C=O) groups is 6. The van der Waals surface area contributed by atoms with E-state index in [1.165, 1.54) is 18.3 Å². The van der Waals surface area contributed by atoms with Crippen LogP contribution in [0.5, 0.6) is 5.75 Å². The molecule has 4 amide bonds. The molecule has 0 fully saturated rings. The monoisotopic (exact) mass is 837 g/mol. The third-order valence-corrected chi connectivity index (χ3v) is 10.00. The number of nitrogens with two attached hydrogens (primary N) is 2. The second kappa shape index (κ2) is 25.9. The summed E-state index contributed by atoms with van der Waals surface area (Å²) in [5.74, 6) is -2.46. The number of benzene rings is 2. The van der Waals surface area contributed by atoms with Crippen molar-refractivity contribution < 1.29 is 47.5 Å². The van der Waals surface area contributed by atoms with Gasteiger partial charge in [-0.25, -0.2) is 4.79 Å². The number of aryl methyl sites for hydroxylation is 1. The molecule has 0 spiro atoms. The highest BCUT2D eigenvalue weighted by atomic mass is 35.5. The molecule has 0 heterocycles. The molecule has 0 aliphatic carbocycles. The quantitative estimate of drug-likeness (QED) is 0.0580. The minimum Gasteiger partial charge on any atom is -0.617 e. The van der Waals surface area contributed by atoms with Crippen molar-refractivity contribution >= 4 is 59.3 Å². The number of nitrogens with zero attached hydrogens (tertiary/aromatic N) is 1. The first-order valence-corrected chi connectivity index (χ1v) is 20.5. The summed E-state index contributed by atoms with van der Waals surface area (Å²) in [6.07, 6.45) is 2.51. The van der Waals surface area contributed by atoms with Crippen molar-refractivity contribution in [2.45, 2.75) is 97.7 Å². The van der Waals surface area contributed by atoms with Gasteiger partial charge in [0.15, 0.2) is 0 Å². The first kappa shape index (κ1) is 50.8. The molecule has 0 aliphatic rings. The van der Waals surface area contributed by atoms with Crippen molar-refractivity contribution in [2.24, 2.45) is 17.4 Å². The molecule has 0 radical (unpaired) electrons. The summed E-state index contributed by atoms with van der Waals surface area (Å²) in [4.78, 5) is 79.2. The van der Waals surface area contributed by atoms with Gasteiger partial charge < -0.3 is 40.4 Å². The maximum absolute atomic E-state index is 14.0. The summed E-state index contributed by atoms with van der Waals surface area (Å²) in [6, 6.07) is 7.28. The number of methoxy groups -OCH3 is 1. The Morgan fingerprint density at radius 2 is 1.56 bits per heavy atom. The number of rotatable bonds is 22. The lowest BCUT2D eigenvalue weighted by Crippen LogP contribution is -2.56. The lowest BCUT2D eigenvalue weighted by molar-refractivity contribution is -0.143. The molecule has 57 heavy (non-hydrogen) atoms. The van der Waals surface area contributed by atoms with Gasteiger partial charge in [-0.15, -0.1) is 12.4 Å². The molecule has 318 valence electrons. The fourth-order valence-electron chi connectivity index (χ4n) is 5.77. The molecule has 15 nitrogen and oxygen atoms in total. The van der Waals surface area contributed by atoms with Crippen molar-refractivity contribution in [3.63, 3.8) is 0 Å². The molecule has 0 saturated heterocycles. The van der Waals surface area contributed by atoms with Crippen molar-refractivity contribution in [2.75, 3.05) is 38.8 Å². The fourth-order valence-corrected chi connectivity index (χ4v) is 6.35. The van der Waals surface area contributed by atoms with Crippen LogP contribution in [0.1, 0.15) is 73.8 Å². The highest BCUT2D eigenvalue weighted by Gasteiger charge is 2.32. The zero-order chi connectivity index (χ0) is 41.9. The van der Waals surface area contributed by atoms with Crippen LogP contribution in [0, 0.1) is 26.7 Å². The molecule has 0 aliphatic heterocycles. The molecule has 2 aromatic rings. The van der Waals surface area contributed by atoms with Crippen molar-refractivity contribution in [1.29, 1.82) is 0 Å². The van der Waals surface area contributed by atoms with E-state index in [0.717, 1.165) is 16.7 Å². The van der Waals surface area contributed by atoms with Crippen molar-refractivity contribution in [3.05, 3.63) is 64.2 Å². The molecule has 2 rings (SSSR count). The van der Waals surface area contributed by atoms with E-state index in [9.17, 15) is 33.3 Å². The Balaban J connectivity index is 0.0000162. The zero-order valence-electron chi connectivity index (χ0n) is 34.1. The van der Waals surface area contributed by atoms with E-state index in [1.807, 2.05) is 27.7 Å².